The molecule has 4 aliphatic carbocycles. The summed E-state index contributed by atoms with van der Waals surface area (Å²) >= 11 is 0. The van der Waals surface area contributed by atoms with Gasteiger partial charge in [-0.3, -0.25) is 4.79 Å². The van der Waals surface area contributed by atoms with E-state index >= 15 is 0 Å². The molecule has 4 atom stereocenters. The summed E-state index contributed by atoms with van der Waals surface area (Å²) in [7, 11) is 3.23. The van der Waals surface area contributed by atoms with E-state index in [1.807, 2.05) is 18.2 Å². The summed E-state index contributed by atoms with van der Waals surface area (Å²) in [6.45, 7) is 4.79. The Bertz CT molecular complexity index is 695. The number of anilines is 1. The lowest BCUT2D eigenvalue weighted by atomic mass is 9.40. The first kappa shape index (κ1) is 16.7. The first-order chi connectivity index (χ1) is 11.8. The maximum atomic E-state index is 13.3. The maximum absolute atomic E-state index is 13.3. The quantitative estimate of drug-likeness (QED) is 0.866. The van der Waals surface area contributed by atoms with Crippen LogP contribution >= 0.6 is 0 Å². The first-order valence-electron chi connectivity index (χ1n) is 9.32. The first-order valence-corrected chi connectivity index (χ1v) is 9.32. The van der Waals surface area contributed by atoms with Crippen molar-refractivity contribution < 1.29 is 14.3 Å². The van der Waals surface area contributed by atoms with Gasteiger partial charge in [0.2, 0.25) is 5.91 Å². The molecule has 0 aliphatic heterocycles. The van der Waals surface area contributed by atoms with Gasteiger partial charge in [-0.05, 0) is 67.4 Å². The molecule has 136 valence electrons. The molecule has 0 radical (unpaired) electrons. The van der Waals surface area contributed by atoms with Crippen LogP contribution in [-0.2, 0) is 4.79 Å². The number of ether oxygens (including phenoxy) is 2. The molecule has 1 aromatic rings. The van der Waals surface area contributed by atoms with Crippen LogP contribution in [0.5, 0.6) is 11.5 Å². The predicted molar refractivity (Wildman–Crippen MR) is 98.0 cm³/mol. The van der Waals surface area contributed by atoms with Crippen molar-refractivity contribution in [2.45, 2.75) is 52.4 Å². The Morgan fingerprint density at radius 3 is 2.20 bits per heavy atom. The van der Waals surface area contributed by atoms with Gasteiger partial charge in [0.15, 0.2) is 11.5 Å². The number of hydrogen-bond donors (Lipinski definition) is 1. The standard InChI is InChI=1S/C21H29NO3/c1-19-8-14-9-20(2,11-19)13-21(10-14,12-19)18(23)22-15-5-6-16(24-3)17(7-15)25-4/h5-7,14H,8-13H2,1-4H3,(H,22,23)/t14?,19-,20+,21?. The summed E-state index contributed by atoms with van der Waals surface area (Å²) < 4.78 is 10.6. The third-order valence-electron chi connectivity index (χ3n) is 6.75. The van der Waals surface area contributed by atoms with Crippen molar-refractivity contribution in [3.8, 4) is 11.5 Å². The summed E-state index contributed by atoms with van der Waals surface area (Å²) in [5, 5.41) is 3.18. The molecule has 1 amide bonds. The predicted octanol–water partition coefficient (Wildman–Crippen LogP) is 4.64. The molecule has 0 heterocycles. The topological polar surface area (TPSA) is 47.6 Å². The van der Waals surface area contributed by atoms with Crippen LogP contribution in [0.15, 0.2) is 18.2 Å². The van der Waals surface area contributed by atoms with E-state index in [-0.39, 0.29) is 11.3 Å². The third kappa shape index (κ3) is 2.70. The minimum Gasteiger partial charge on any atom is -0.493 e. The van der Waals surface area contributed by atoms with Crippen molar-refractivity contribution in [2.75, 3.05) is 19.5 Å². The van der Waals surface area contributed by atoms with E-state index in [1.165, 1.54) is 19.3 Å². The SMILES string of the molecule is COc1ccc(NC(=O)C23CC4C[C@@](C)(C2)C[C@](C)(C4)C3)cc1OC. The number of hydrogen-bond acceptors (Lipinski definition) is 3. The van der Waals surface area contributed by atoms with Gasteiger partial charge in [0.1, 0.15) is 0 Å². The number of amides is 1. The van der Waals surface area contributed by atoms with Crippen LogP contribution < -0.4 is 14.8 Å². The van der Waals surface area contributed by atoms with Crippen LogP contribution in [0.3, 0.4) is 0 Å². The molecule has 0 spiro atoms. The van der Waals surface area contributed by atoms with Gasteiger partial charge in [-0.1, -0.05) is 13.8 Å². The van der Waals surface area contributed by atoms with Gasteiger partial charge < -0.3 is 14.8 Å². The van der Waals surface area contributed by atoms with E-state index < -0.39 is 0 Å². The lowest BCUT2D eigenvalue weighted by molar-refractivity contribution is -0.165. The number of carbonyl (C=O) groups is 1. The fraction of sp³-hybridized carbons (Fsp3) is 0.667. The van der Waals surface area contributed by atoms with Crippen molar-refractivity contribution >= 4 is 11.6 Å². The monoisotopic (exact) mass is 343 g/mol. The average molecular weight is 343 g/mol. The molecule has 5 rings (SSSR count). The van der Waals surface area contributed by atoms with Gasteiger partial charge in [0, 0.05) is 11.8 Å². The average Bonchev–Trinajstić information content (AvgIpc) is 2.51. The molecule has 4 fully saturated rings. The van der Waals surface area contributed by atoms with Crippen LogP contribution in [0.25, 0.3) is 0 Å². The van der Waals surface area contributed by atoms with E-state index in [0.717, 1.165) is 24.9 Å². The molecule has 4 heteroatoms. The van der Waals surface area contributed by atoms with Crippen molar-refractivity contribution in [3.63, 3.8) is 0 Å². The fourth-order valence-electron chi connectivity index (χ4n) is 6.88. The highest BCUT2D eigenvalue weighted by atomic mass is 16.5. The molecule has 4 aliphatic rings. The number of carbonyl (C=O) groups excluding carboxylic acids is 1. The summed E-state index contributed by atoms with van der Waals surface area (Å²) in [6, 6.07) is 5.58. The lowest BCUT2D eigenvalue weighted by Gasteiger charge is -2.64. The van der Waals surface area contributed by atoms with Gasteiger partial charge in [0.05, 0.1) is 19.6 Å². The van der Waals surface area contributed by atoms with Gasteiger partial charge >= 0.3 is 0 Å². The second-order valence-electron chi connectivity index (χ2n) is 9.43. The van der Waals surface area contributed by atoms with Crippen molar-refractivity contribution in [1.82, 2.24) is 0 Å². The molecule has 2 unspecified atom stereocenters. The van der Waals surface area contributed by atoms with Crippen molar-refractivity contribution in [3.05, 3.63) is 18.2 Å². The molecule has 0 aromatic heterocycles. The lowest BCUT2D eigenvalue weighted by Crippen LogP contribution is -2.58. The minimum atomic E-state index is -0.198. The van der Waals surface area contributed by atoms with Gasteiger partial charge in [-0.25, -0.2) is 0 Å². The maximum Gasteiger partial charge on any atom is 0.230 e. The highest BCUT2D eigenvalue weighted by Gasteiger charge is 2.62. The minimum absolute atomic E-state index is 0.196. The second kappa shape index (κ2) is 5.39. The molecule has 0 saturated heterocycles. The molecule has 4 saturated carbocycles. The third-order valence-corrected chi connectivity index (χ3v) is 6.75. The number of methoxy groups -OCH3 is 2. The van der Waals surface area contributed by atoms with Crippen molar-refractivity contribution in [1.29, 1.82) is 0 Å². The zero-order valence-corrected chi connectivity index (χ0v) is 15.8. The van der Waals surface area contributed by atoms with Gasteiger partial charge in [-0.15, -0.1) is 0 Å². The largest absolute Gasteiger partial charge is 0.493 e. The van der Waals surface area contributed by atoms with Gasteiger partial charge in [-0.2, -0.15) is 0 Å². The molecular weight excluding hydrogens is 314 g/mol. The summed E-state index contributed by atoms with van der Waals surface area (Å²) in [4.78, 5) is 13.3. The molecule has 1 aromatic carbocycles. The number of rotatable bonds is 4. The summed E-state index contributed by atoms with van der Waals surface area (Å²) in [6.07, 6.45) is 7.00. The number of benzene rings is 1. The van der Waals surface area contributed by atoms with Crippen LogP contribution in [0.4, 0.5) is 5.69 Å². The Hall–Kier alpha value is -1.71. The Balaban J connectivity index is 1.59. The van der Waals surface area contributed by atoms with E-state index in [4.69, 9.17) is 9.47 Å². The normalized spacial score (nSPS) is 38.5. The second-order valence-corrected chi connectivity index (χ2v) is 9.43. The van der Waals surface area contributed by atoms with Gasteiger partial charge in [0.25, 0.3) is 0 Å². The van der Waals surface area contributed by atoms with Crippen LogP contribution in [-0.4, -0.2) is 20.1 Å². The highest BCUT2D eigenvalue weighted by molar-refractivity contribution is 5.96. The molecular formula is C21H29NO3. The van der Waals surface area contributed by atoms with E-state index in [0.29, 0.717) is 28.2 Å². The van der Waals surface area contributed by atoms with E-state index in [9.17, 15) is 4.79 Å². The van der Waals surface area contributed by atoms with E-state index in [1.54, 1.807) is 14.2 Å². The Kier molecular flexibility index (Phi) is 3.61. The zero-order valence-electron chi connectivity index (χ0n) is 15.8. The summed E-state index contributed by atoms with van der Waals surface area (Å²) in [5.41, 5.74) is 1.26. The van der Waals surface area contributed by atoms with Crippen LogP contribution in [0, 0.1) is 22.2 Å². The Morgan fingerprint density at radius 1 is 1.00 bits per heavy atom. The molecule has 4 bridgehead atoms. The molecule has 25 heavy (non-hydrogen) atoms. The van der Waals surface area contributed by atoms with Crippen LogP contribution in [0.1, 0.15) is 52.4 Å². The smallest absolute Gasteiger partial charge is 0.230 e. The molecule has 1 N–H and O–H groups in total. The summed E-state index contributed by atoms with van der Waals surface area (Å²) in [5.74, 6) is 2.23. The Labute approximate surface area is 150 Å². The highest BCUT2D eigenvalue weighted by Crippen LogP contribution is 2.69. The molecule has 4 nitrogen and oxygen atoms in total. The van der Waals surface area contributed by atoms with E-state index in [2.05, 4.69) is 19.2 Å². The number of nitrogens with one attached hydrogen (secondary N) is 1. The Morgan fingerprint density at radius 2 is 1.64 bits per heavy atom. The fourth-order valence-corrected chi connectivity index (χ4v) is 6.88. The van der Waals surface area contributed by atoms with Crippen LogP contribution in [0.2, 0.25) is 0 Å². The van der Waals surface area contributed by atoms with Crippen molar-refractivity contribution in [2.24, 2.45) is 22.2 Å². The zero-order chi connectivity index (χ0) is 17.9.